The minimum Gasteiger partial charge on any atom is -0.472 e. The second-order valence-corrected chi connectivity index (χ2v) is 5.41. The van der Waals surface area contributed by atoms with Crippen LogP contribution in [-0.4, -0.2) is 20.5 Å². The second-order valence-electron chi connectivity index (χ2n) is 5.41. The fourth-order valence-corrected chi connectivity index (χ4v) is 2.62. The number of benzene rings is 1. The molecule has 4 rings (SSSR count). The smallest absolute Gasteiger partial charge is 0.221 e. The van der Waals surface area contributed by atoms with Crippen molar-refractivity contribution >= 4 is 17.2 Å². The molecule has 24 heavy (non-hydrogen) atoms. The van der Waals surface area contributed by atoms with Crippen molar-refractivity contribution in [3.8, 4) is 22.4 Å². The number of imidazole rings is 1. The molecule has 1 N–H and O–H groups in total. The van der Waals surface area contributed by atoms with Gasteiger partial charge in [0, 0.05) is 41.7 Å². The summed E-state index contributed by atoms with van der Waals surface area (Å²) in [6.45, 7) is 1.49. The Bertz CT molecular complexity index is 1000. The van der Waals surface area contributed by atoms with Gasteiger partial charge in [-0.1, -0.05) is 12.1 Å². The summed E-state index contributed by atoms with van der Waals surface area (Å²) in [7, 11) is 0. The molecule has 0 fully saturated rings. The van der Waals surface area contributed by atoms with Crippen molar-refractivity contribution in [1.82, 2.24) is 14.6 Å². The van der Waals surface area contributed by atoms with Crippen molar-refractivity contribution in [2.45, 2.75) is 6.92 Å². The van der Waals surface area contributed by atoms with Crippen molar-refractivity contribution in [3.63, 3.8) is 0 Å². The minimum absolute atomic E-state index is 0.0945. The number of nitrogens with one attached hydrogen (secondary N) is 1. The van der Waals surface area contributed by atoms with Crippen molar-refractivity contribution in [1.29, 1.82) is 0 Å². The Morgan fingerprint density at radius 1 is 1.17 bits per heavy atom. The largest absolute Gasteiger partial charge is 0.472 e. The zero-order valence-corrected chi connectivity index (χ0v) is 12.9. The molecule has 0 spiro atoms. The standard InChI is InChI=1S/C18H14N4O2/c1-12(23)20-15-4-2-13(3-5-15)17-10-16(14-6-9-24-11-14)18-19-7-8-22(18)21-17/h2-11H,1H3,(H,20,23). The molecule has 1 amide bonds. The van der Waals surface area contributed by atoms with E-state index in [4.69, 9.17) is 4.42 Å². The lowest BCUT2D eigenvalue weighted by Crippen LogP contribution is -2.05. The summed E-state index contributed by atoms with van der Waals surface area (Å²) in [6.07, 6.45) is 6.86. The number of anilines is 1. The van der Waals surface area contributed by atoms with E-state index in [-0.39, 0.29) is 5.91 Å². The molecule has 0 aliphatic carbocycles. The molecule has 0 bridgehead atoms. The summed E-state index contributed by atoms with van der Waals surface area (Å²) in [5, 5.41) is 7.36. The van der Waals surface area contributed by atoms with Crippen LogP contribution in [0.25, 0.3) is 28.0 Å². The van der Waals surface area contributed by atoms with Gasteiger partial charge in [0.15, 0.2) is 5.65 Å². The van der Waals surface area contributed by atoms with Crippen molar-refractivity contribution < 1.29 is 9.21 Å². The topological polar surface area (TPSA) is 72.4 Å². The van der Waals surface area contributed by atoms with E-state index < -0.39 is 0 Å². The van der Waals surface area contributed by atoms with Crippen LogP contribution in [0.2, 0.25) is 0 Å². The van der Waals surface area contributed by atoms with E-state index in [0.29, 0.717) is 0 Å². The van der Waals surface area contributed by atoms with Gasteiger partial charge >= 0.3 is 0 Å². The normalized spacial score (nSPS) is 10.9. The Labute approximate surface area is 137 Å². The molecule has 0 atom stereocenters. The average Bonchev–Trinajstić information content (AvgIpc) is 3.25. The first-order valence-electron chi connectivity index (χ1n) is 7.46. The van der Waals surface area contributed by atoms with Crippen molar-refractivity contribution in [2.75, 3.05) is 5.32 Å². The summed E-state index contributed by atoms with van der Waals surface area (Å²) < 4.78 is 6.94. The lowest BCUT2D eigenvalue weighted by molar-refractivity contribution is -0.114. The maximum atomic E-state index is 11.1. The van der Waals surface area contributed by atoms with Crippen LogP contribution in [0.1, 0.15) is 6.92 Å². The third kappa shape index (κ3) is 2.54. The predicted molar refractivity (Wildman–Crippen MR) is 90.4 cm³/mol. The zero-order chi connectivity index (χ0) is 16.5. The molecular formula is C18H14N4O2. The van der Waals surface area contributed by atoms with E-state index in [0.717, 1.165) is 33.7 Å². The summed E-state index contributed by atoms with van der Waals surface area (Å²) in [5.41, 5.74) is 5.19. The van der Waals surface area contributed by atoms with Gasteiger partial charge in [0.25, 0.3) is 0 Å². The van der Waals surface area contributed by atoms with Gasteiger partial charge in [-0.05, 0) is 24.3 Å². The number of amides is 1. The average molecular weight is 318 g/mol. The Kier molecular flexibility index (Phi) is 3.35. The number of fused-ring (bicyclic) bond motifs is 1. The number of furan rings is 1. The maximum absolute atomic E-state index is 11.1. The zero-order valence-electron chi connectivity index (χ0n) is 12.9. The fraction of sp³-hybridized carbons (Fsp3) is 0.0556. The van der Waals surface area contributed by atoms with Crippen LogP contribution in [0.3, 0.4) is 0 Å². The maximum Gasteiger partial charge on any atom is 0.221 e. The molecule has 1 aromatic carbocycles. The van der Waals surface area contributed by atoms with Crippen LogP contribution in [0.15, 0.2) is 65.7 Å². The molecule has 3 aromatic heterocycles. The Morgan fingerprint density at radius 2 is 2.00 bits per heavy atom. The lowest BCUT2D eigenvalue weighted by atomic mass is 10.1. The number of aromatic nitrogens is 3. The predicted octanol–water partition coefficient (Wildman–Crippen LogP) is 3.61. The van der Waals surface area contributed by atoms with Crippen LogP contribution in [0.5, 0.6) is 0 Å². The highest BCUT2D eigenvalue weighted by Gasteiger charge is 2.11. The molecule has 118 valence electrons. The minimum atomic E-state index is -0.0945. The first kappa shape index (κ1) is 14.2. The molecule has 6 heteroatoms. The van der Waals surface area contributed by atoms with E-state index in [1.807, 2.05) is 42.6 Å². The summed E-state index contributed by atoms with van der Waals surface area (Å²) in [6, 6.07) is 11.4. The van der Waals surface area contributed by atoms with Crippen molar-refractivity contribution in [3.05, 3.63) is 61.3 Å². The van der Waals surface area contributed by atoms with Gasteiger partial charge in [0.05, 0.1) is 18.2 Å². The molecule has 4 aromatic rings. The molecule has 0 aliphatic heterocycles. The van der Waals surface area contributed by atoms with Gasteiger partial charge in [-0.25, -0.2) is 9.50 Å². The molecule has 0 radical (unpaired) electrons. The van der Waals surface area contributed by atoms with E-state index in [1.165, 1.54) is 6.92 Å². The van der Waals surface area contributed by atoms with Crippen LogP contribution in [-0.2, 0) is 4.79 Å². The lowest BCUT2D eigenvalue weighted by Gasteiger charge is -2.07. The first-order chi connectivity index (χ1) is 11.7. The molecule has 0 aliphatic rings. The number of nitrogens with zero attached hydrogens (tertiary/aromatic N) is 3. The number of carbonyl (C=O) groups is 1. The molecule has 3 heterocycles. The van der Waals surface area contributed by atoms with Gasteiger partial charge in [-0.3, -0.25) is 4.79 Å². The second kappa shape index (κ2) is 5.66. The quantitative estimate of drug-likeness (QED) is 0.626. The monoisotopic (exact) mass is 318 g/mol. The van der Waals surface area contributed by atoms with E-state index >= 15 is 0 Å². The Hall–Kier alpha value is -3.41. The first-order valence-corrected chi connectivity index (χ1v) is 7.46. The number of rotatable bonds is 3. The Balaban J connectivity index is 1.81. The SMILES string of the molecule is CC(=O)Nc1ccc(-c2cc(-c3ccoc3)c3nccn3n2)cc1. The summed E-state index contributed by atoms with van der Waals surface area (Å²) in [5.74, 6) is -0.0945. The highest BCUT2D eigenvalue weighted by Crippen LogP contribution is 2.28. The van der Waals surface area contributed by atoms with Crippen LogP contribution < -0.4 is 5.32 Å². The van der Waals surface area contributed by atoms with Gasteiger partial charge in [-0.15, -0.1) is 0 Å². The van der Waals surface area contributed by atoms with Gasteiger partial charge in [0.1, 0.15) is 0 Å². The van der Waals surface area contributed by atoms with Gasteiger partial charge < -0.3 is 9.73 Å². The van der Waals surface area contributed by atoms with Gasteiger partial charge in [0.2, 0.25) is 5.91 Å². The van der Waals surface area contributed by atoms with Crippen molar-refractivity contribution in [2.24, 2.45) is 0 Å². The summed E-state index contributed by atoms with van der Waals surface area (Å²) >= 11 is 0. The Morgan fingerprint density at radius 3 is 2.71 bits per heavy atom. The van der Waals surface area contributed by atoms with Crippen LogP contribution >= 0.6 is 0 Å². The van der Waals surface area contributed by atoms with E-state index in [1.54, 1.807) is 23.2 Å². The molecular weight excluding hydrogens is 304 g/mol. The number of hydrogen-bond donors (Lipinski definition) is 1. The van der Waals surface area contributed by atoms with E-state index in [2.05, 4.69) is 15.4 Å². The highest BCUT2D eigenvalue weighted by molar-refractivity contribution is 5.89. The van der Waals surface area contributed by atoms with Crippen LogP contribution in [0, 0.1) is 0 Å². The number of carbonyl (C=O) groups excluding carboxylic acids is 1. The molecule has 0 saturated heterocycles. The fourth-order valence-electron chi connectivity index (χ4n) is 2.62. The summed E-state index contributed by atoms with van der Waals surface area (Å²) in [4.78, 5) is 15.5. The highest BCUT2D eigenvalue weighted by atomic mass is 16.3. The molecule has 0 saturated carbocycles. The van der Waals surface area contributed by atoms with Gasteiger partial charge in [-0.2, -0.15) is 5.10 Å². The molecule has 6 nitrogen and oxygen atoms in total. The van der Waals surface area contributed by atoms with E-state index in [9.17, 15) is 4.79 Å². The van der Waals surface area contributed by atoms with Crippen LogP contribution in [0.4, 0.5) is 5.69 Å². The molecule has 0 unspecified atom stereocenters. The number of hydrogen-bond acceptors (Lipinski definition) is 4. The third-order valence-electron chi connectivity index (χ3n) is 3.69. The third-order valence-corrected chi connectivity index (χ3v) is 3.69.